The number of rotatable bonds is 2. The summed E-state index contributed by atoms with van der Waals surface area (Å²) < 4.78 is 37.5. The van der Waals surface area contributed by atoms with Crippen LogP contribution in [0.5, 0.6) is 0 Å². The number of quaternary nitrogens is 1. The van der Waals surface area contributed by atoms with E-state index in [1.807, 2.05) is 0 Å². The summed E-state index contributed by atoms with van der Waals surface area (Å²) in [6.07, 6.45) is 0. The summed E-state index contributed by atoms with van der Waals surface area (Å²) in [6, 6.07) is 0. The molecule has 1 heterocycles. The van der Waals surface area contributed by atoms with Gasteiger partial charge in [0.1, 0.15) is 13.1 Å². The zero-order chi connectivity index (χ0) is 11.9. The quantitative estimate of drug-likeness (QED) is 0.373. The summed E-state index contributed by atoms with van der Waals surface area (Å²) in [5.74, 6) is 0. The van der Waals surface area contributed by atoms with E-state index in [4.69, 9.17) is 4.74 Å². The summed E-state index contributed by atoms with van der Waals surface area (Å²) in [5.41, 5.74) is 0. The lowest BCUT2D eigenvalue weighted by atomic mass is 10.3. The Morgan fingerprint density at radius 2 is 1.80 bits per heavy atom. The van der Waals surface area contributed by atoms with E-state index in [1.54, 1.807) is 0 Å². The van der Waals surface area contributed by atoms with Gasteiger partial charge in [-0.05, 0) is 6.92 Å². The first-order chi connectivity index (χ1) is 6.83. The van der Waals surface area contributed by atoms with Crippen LogP contribution in [-0.4, -0.2) is 64.5 Å². The van der Waals surface area contributed by atoms with E-state index < -0.39 is 10.4 Å². The van der Waals surface area contributed by atoms with Crippen molar-refractivity contribution < 1.29 is 26.4 Å². The third-order valence-electron chi connectivity index (χ3n) is 2.52. The molecule has 0 aliphatic carbocycles. The molecule has 1 rings (SSSR count). The highest BCUT2D eigenvalue weighted by Gasteiger charge is 2.21. The van der Waals surface area contributed by atoms with Gasteiger partial charge in [0.15, 0.2) is 0 Å². The van der Waals surface area contributed by atoms with E-state index in [9.17, 15) is 13.0 Å². The van der Waals surface area contributed by atoms with Gasteiger partial charge in [0.05, 0.1) is 33.9 Å². The fourth-order valence-corrected chi connectivity index (χ4v) is 1.10. The van der Waals surface area contributed by atoms with E-state index in [-0.39, 0.29) is 0 Å². The van der Waals surface area contributed by atoms with Crippen molar-refractivity contribution in [1.82, 2.24) is 0 Å². The zero-order valence-electron chi connectivity index (χ0n) is 9.43. The minimum absolute atomic E-state index is 0.808. The van der Waals surface area contributed by atoms with Gasteiger partial charge in [0.25, 0.3) is 0 Å². The van der Waals surface area contributed by atoms with Gasteiger partial charge in [-0.25, -0.2) is 8.42 Å². The number of ether oxygens (including phenoxy) is 1. The third kappa shape index (κ3) is 7.69. The molecular weight excluding hydrogens is 222 g/mol. The molecule has 1 aliphatic rings. The maximum atomic E-state index is 9.22. The first-order valence-electron chi connectivity index (χ1n) is 4.76. The van der Waals surface area contributed by atoms with Crippen LogP contribution in [-0.2, 0) is 19.3 Å². The molecule has 1 saturated heterocycles. The number of hydrogen-bond acceptors (Lipinski definition) is 5. The summed E-state index contributed by atoms with van der Waals surface area (Å²) in [4.78, 5) is 0. The summed E-state index contributed by atoms with van der Waals surface area (Å²) >= 11 is 0. The molecule has 0 amide bonds. The zero-order valence-corrected chi connectivity index (χ0v) is 10.2. The SMILES string of the molecule is CC[N+]1(C)CCOCC1.COS(=O)(=O)[O-]. The van der Waals surface area contributed by atoms with Gasteiger partial charge in [0.2, 0.25) is 10.4 Å². The highest BCUT2D eigenvalue weighted by molar-refractivity contribution is 7.80. The second-order valence-electron chi connectivity index (χ2n) is 3.57. The summed E-state index contributed by atoms with van der Waals surface area (Å²) in [5, 5.41) is 0. The van der Waals surface area contributed by atoms with E-state index in [0.29, 0.717) is 0 Å². The van der Waals surface area contributed by atoms with Crippen LogP contribution in [0.4, 0.5) is 0 Å². The van der Waals surface area contributed by atoms with Gasteiger partial charge in [-0.2, -0.15) is 0 Å². The third-order valence-corrected chi connectivity index (χ3v) is 2.93. The lowest BCUT2D eigenvalue weighted by Gasteiger charge is -2.36. The molecule has 0 spiro atoms. The average Bonchev–Trinajstić information content (AvgIpc) is 2.19. The molecule has 1 aliphatic heterocycles. The van der Waals surface area contributed by atoms with E-state index in [1.165, 1.54) is 24.1 Å². The minimum Gasteiger partial charge on any atom is -0.726 e. The van der Waals surface area contributed by atoms with Crippen LogP contribution < -0.4 is 0 Å². The molecular formula is C8H19NO5S. The van der Waals surface area contributed by atoms with E-state index in [0.717, 1.165) is 20.3 Å². The van der Waals surface area contributed by atoms with Gasteiger partial charge in [-0.15, -0.1) is 0 Å². The molecule has 0 aromatic heterocycles. The molecule has 0 atom stereocenters. The average molecular weight is 241 g/mol. The Balaban J connectivity index is 0.000000288. The molecule has 0 aromatic rings. The number of likely N-dealkylation sites (N-methyl/N-ethyl adjacent to an activating group) is 1. The van der Waals surface area contributed by atoms with E-state index >= 15 is 0 Å². The predicted molar refractivity (Wildman–Crippen MR) is 54.0 cm³/mol. The molecule has 0 unspecified atom stereocenters. The highest BCUT2D eigenvalue weighted by atomic mass is 32.3. The fourth-order valence-electron chi connectivity index (χ4n) is 1.10. The molecule has 0 aromatic carbocycles. The maximum absolute atomic E-state index is 9.22. The molecule has 6 nitrogen and oxygen atoms in total. The van der Waals surface area contributed by atoms with Crippen molar-refractivity contribution in [2.24, 2.45) is 0 Å². The molecule has 7 heteroatoms. The first-order valence-corrected chi connectivity index (χ1v) is 6.09. The van der Waals surface area contributed by atoms with Crippen molar-refractivity contribution in [2.45, 2.75) is 6.92 Å². The largest absolute Gasteiger partial charge is 0.726 e. The molecule has 0 radical (unpaired) electrons. The van der Waals surface area contributed by atoms with Crippen molar-refractivity contribution in [3.05, 3.63) is 0 Å². The lowest BCUT2D eigenvalue weighted by molar-refractivity contribution is -0.915. The molecule has 0 N–H and O–H groups in total. The topological polar surface area (TPSA) is 75.7 Å². The minimum atomic E-state index is -4.41. The maximum Gasteiger partial charge on any atom is 0.217 e. The van der Waals surface area contributed by atoms with Crippen molar-refractivity contribution >= 4 is 10.4 Å². The number of nitrogens with zero attached hydrogens (tertiary/aromatic N) is 1. The Morgan fingerprint density at radius 3 is 2.00 bits per heavy atom. The van der Waals surface area contributed by atoms with Crippen LogP contribution in [0.1, 0.15) is 6.92 Å². The van der Waals surface area contributed by atoms with Gasteiger partial charge in [0, 0.05) is 0 Å². The van der Waals surface area contributed by atoms with Gasteiger partial charge >= 0.3 is 0 Å². The summed E-state index contributed by atoms with van der Waals surface area (Å²) in [7, 11) is -1.31. The predicted octanol–water partition coefficient (Wildman–Crippen LogP) is -0.424. The van der Waals surface area contributed by atoms with Crippen LogP contribution in [0.3, 0.4) is 0 Å². The van der Waals surface area contributed by atoms with Crippen LogP contribution >= 0.6 is 0 Å². The molecule has 0 bridgehead atoms. The second kappa shape index (κ2) is 6.39. The van der Waals surface area contributed by atoms with E-state index in [2.05, 4.69) is 18.2 Å². The first kappa shape index (κ1) is 14.8. The number of morpholine rings is 1. The number of hydrogen-bond donors (Lipinski definition) is 0. The molecule has 1 fully saturated rings. The van der Waals surface area contributed by atoms with Gasteiger partial charge < -0.3 is 13.8 Å². The van der Waals surface area contributed by atoms with Crippen LogP contribution in [0.25, 0.3) is 0 Å². The monoisotopic (exact) mass is 241 g/mol. The van der Waals surface area contributed by atoms with Crippen LogP contribution in [0.2, 0.25) is 0 Å². The van der Waals surface area contributed by atoms with Gasteiger partial charge in [-0.3, -0.25) is 4.18 Å². The normalized spacial score (nSPS) is 20.3. The Hall–Kier alpha value is -0.210. The van der Waals surface area contributed by atoms with Crippen molar-refractivity contribution in [1.29, 1.82) is 0 Å². The Bertz CT molecular complexity index is 258. The van der Waals surface area contributed by atoms with Crippen molar-refractivity contribution in [3.63, 3.8) is 0 Å². The standard InChI is InChI=1S/C7H16NO.CH4O4S/c1-3-8(2)4-6-9-7-5-8;1-5-6(2,3)4/h3-7H2,1-2H3;1H3,(H,2,3,4)/q+1;/p-1. The molecule has 0 saturated carbocycles. The Morgan fingerprint density at radius 1 is 1.40 bits per heavy atom. The summed E-state index contributed by atoms with van der Waals surface area (Å²) in [6.45, 7) is 7.76. The molecule has 15 heavy (non-hydrogen) atoms. The second-order valence-corrected chi connectivity index (χ2v) is 4.72. The van der Waals surface area contributed by atoms with Crippen molar-refractivity contribution in [3.8, 4) is 0 Å². The Kier molecular flexibility index (Phi) is 6.30. The van der Waals surface area contributed by atoms with Gasteiger partial charge in [-0.1, -0.05) is 0 Å². The highest BCUT2D eigenvalue weighted by Crippen LogP contribution is 2.05. The lowest BCUT2D eigenvalue weighted by Crippen LogP contribution is -2.51. The van der Waals surface area contributed by atoms with Crippen molar-refractivity contribution in [2.75, 3.05) is 47.0 Å². The van der Waals surface area contributed by atoms with Crippen LogP contribution in [0, 0.1) is 0 Å². The molecule has 92 valence electrons. The smallest absolute Gasteiger partial charge is 0.217 e. The Labute approximate surface area is 91.3 Å². The van der Waals surface area contributed by atoms with Crippen LogP contribution in [0.15, 0.2) is 0 Å². The fraction of sp³-hybridized carbons (Fsp3) is 1.00.